The van der Waals surface area contributed by atoms with Crippen LogP contribution < -0.4 is 10.0 Å². The maximum absolute atomic E-state index is 13.0. The molecule has 0 atom stereocenters. The van der Waals surface area contributed by atoms with E-state index < -0.39 is 39.4 Å². The number of nitrogens with one attached hydrogen (secondary N) is 2. The lowest BCUT2D eigenvalue weighted by molar-refractivity contribution is -0.137. The first-order valence-corrected chi connectivity index (χ1v) is 13.6. The highest BCUT2D eigenvalue weighted by Crippen LogP contribution is 2.31. The van der Waals surface area contributed by atoms with Gasteiger partial charge in [-0.25, -0.2) is 8.42 Å². The van der Waals surface area contributed by atoms with Crippen molar-refractivity contribution in [2.24, 2.45) is 0 Å². The van der Waals surface area contributed by atoms with Gasteiger partial charge in [0.05, 0.1) is 10.5 Å². The molecule has 0 saturated carbocycles. The van der Waals surface area contributed by atoms with Crippen molar-refractivity contribution in [2.45, 2.75) is 43.4 Å². The van der Waals surface area contributed by atoms with Crippen LogP contribution in [0.25, 0.3) is 6.08 Å². The number of allylic oxidation sites excluding steroid dienone is 1. The van der Waals surface area contributed by atoms with Crippen molar-refractivity contribution in [1.82, 2.24) is 15.5 Å². The molecule has 0 unspecified atom stereocenters. The second kappa shape index (κ2) is 11.7. The van der Waals surface area contributed by atoms with Gasteiger partial charge in [0.1, 0.15) is 5.01 Å². The first kappa shape index (κ1) is 30.1. The normalized spacial score (nSPS) is 12.7. The van der Waals surface area contributed by atoms with E-state index in [0.717, 1.165) is 17.4 Å². The number of amides is 1. The maximum atomic E-state index is 13.0. The van der Waals surface area contributed by atoms with Crippen LogP contribution in [0.5, 0.6) is 0 Å². The van der Waals surface area contributed by atoms with Gasteiger partial charge >= 0.3 is 12.4 Å². The SMILES string of the molecule is CC(C)c1nnc(NS(=O)(=O)c2ccc(CCNC(=O)c3ccc(C(F)(F)F)cc3/C=C/C(F)(F)F)cc2)s1. The molecule has 210 valence electrons. The standard InChI is InChI=1S/C24H22F6N4O3S2/c1-14(2)21-32-33-22(38-21)34-39(36,37)18-6-3-15(4-7-18)10-12-31-20(35)19-8-5-17(24(28,29)30)13-16(19)9-11-23(25,26)27/h3-9,11,13-14H,10,12H2,1-2H3,(H,31,35)(H,33,34)/b11-9+. The van der Waals surface area contributed by atoms with Crippen LogP contribution in [0.2, 0.25) is 0 Å². The van der Waals surface area contributed by atoms with Gasteiger partial charge in [-0.15, -0.1) is 10.2 Å². The molecule has 1 amide bonds. The van der Waals surface area contributed by atoms with Gasteiger partial charge in [0.15, 0.2) is 0 Å². The van der Waals surface area contributed by atoms with E-state index in [4.69, 9.17) is 0 Å². The first-order valence-electron chi connectivity index (χ1n) is 11.3. The fourth-order valence-electron chi connectivity index (χ4n) is 3.20. The number of anilines is 1. The minimum absolute atomic E-state index is 0.0185. The van der Waals surface area contributed by atoms with Crippen LogP contribution in [-0.2, 0) is 22.6 Å². The summed E-state index contributed by atoms with van der Waals surface area (Å²) < 4.78 is 104. The summed E-state index contributed by atoms with van der Waals surface area (Å²) in [4.78, 5) is 12.5. The Morgan fingerprint density at radius 3 is 2.26 bits per heavy atom. The van der Waals surface area contributed by atoms with Crippen molar-refractivity contribution in [3.63, 3.8) is 0 Å². The zero-order valence-corrected chi connectivity index (χ0v) is 22.0. The summed E-state index contributed by atoms with van der Waals surface area (Å²) in [6.07, 6.45) is -9.23. The molecule has 0 bridgehead atoms. The molecular weight excluding hydrogens is 570 g/mol. The van der Waals surface area contributed by atoms with Crippen molar-refractivity contribution in [2.75, 3.05) is 11.3 Å². The van der Waals surface area contributed by atoms with Gasteiger partial charge in [-0.2, -0.15) is 26.3 Å². The predicted octanol–water partition coefficient (Wildman–Crippen LogP) is 6.03. The number of benzene rings is 2. The maximum Gasteiger partial charge on any atom is 0.416 e. The Hall–Kier alpha value is -3.46. The van der Waals surface area contributed by atoms with Crippen LogP contribution in [0.15, 0.2) is 53.4 Å². The van der Waals surface area contributed by atoms with Gasteiger partial charge in [0.25, 0.3) is 15.9 Å². The van der Waals surface area contributed by atoms with E-state index in [1.165, 1.54) is 24.3 Å². The molecule has 0 radical (unpaired) electrons. The van der Waals surface area contributed by atoms with E-state index in [-0.39, 0.29) is 40.5 Å². The zero-order chi connectivity index (χ0) is 29.0. The van der Waals surface area contributed by atoms with E-state index in [9.17, 15) is 39.6 Å². The highest BCUT2D eigenvalue weighted by Gasteiger charge is 2.31. The minimum atomic E-state index is -4.81. The average Bonchev–Trinajstić information content (AvgIpc) is 3.30. The van der Waals surface area contributed by atoms with Gasteiger partial charge < -0.3 is 5.32 Å². The molecule has 0 aliphatic carbocycles. The van der Waals surface area contributed by atoms with Crippen LogP contribution in [-0.4, -0.2) is 37.2 Å². The highest BCUT2D eigenvalue weighted by molar-refractivity contribution is 7.93. The molecule has 0 saturated heterocycles. The summed E-state index contributed by atoms with van der Waals surface area (Å²) in [6.45, 7) is 3.77. The molecular formula is C24H22F6N4O3S2. The fraction of sp³-hybridized carbons (Fsp3) is 0.292. The Kier molecular flexibility index (Phi) is 9.05. The molecule has 0 aliphatic rings. The smallest absolute Gasteiger partial charge is 0.352 e. The summed E-state index contributed by atoms with van der Waals surface area (Å²) in [6, 6.07) is 7.60. The molecule has 0 fully saturated rings. The molecule has 1 aromatic heterocycles. The Morgan fingerprint density at radius 1 is 1.03 bits per heavy atom. The third kappa shape index (κ3) is 8.51. The number of rotatable bonds is 9. The molecule has 3 aromatic rings. The van der Waals surface area contributed by atoms with Gasteiger partial charge in [0, 0.05) is 24.1 Å². The van der Waals surface area contributed by atoms with Crippen molar-refractivity contribution in [1.29, 1.82) is 0 Å². The Bertz CT molecular complexity index is 1450. The van der Waals surface area contributed by atoms with Crippen molar-refractivity contribution >= 4 is 38.5 Å². The summed E-state index contributed by atoms with van der Waals surface area (Å²) in [7, 11) is -3.93. The topological polar surface area (TPSA) is 101 Å². The molecule has 7 nitrogen and oxygen atoms in total. The molecule has 15 heteroatoms. The van der Waals surface area contributed by atoms with E-state index in [2.05, 4.69) is 20.2 Å². The van der Waals surface area contributed by atoms with Gasteiger partial charge in [-0.1, -0.05) is 37.3 Å². The zero-order valence-electron chi connectivity index (χ0n) is 20.4. The van der Waals surface area contributed by atoms with Crippen molar-refractivity contribution in [3.8, 4) is 0 Å². The number of alkyl halides is 6. The monoisotopic (exact) mass is 592 g/mol. The average molecular weight is 593 g/mol. The first-order chi connectivity index (χ1) is 18.0. The molecule has 2 aromatic carbocycles. The number of carbonyl (C=O) groups is 1. The van der Waals surface area contributed by atoms with Crippen molar-refractivity contribution in [3.05, 3.63) is 75.8 Å². The highest BCUT2D eigenvalue weighted by atomic mass is 32.2. The van der Waals surface area contributed by atoms with E-state index in [1.807, 2.05) is 13.8 Å². The molecule has 0 spiro atoms. The molecule has 1 heterocycles. The Morgan fingerprint density at radius 2 is 1.69 bits per heavy atom. The quantitative estimate of drug-likeness (QED) is 0.296. The number of carbonyl (C=O) groups excluding carboxylic acids is 1. The molecule has 0 aliphatic heterocycles. The number of hydrogen-bond acceptors (Lipinski definition) is 6. The second-order valence-corrected chi connectivity index (χ2v) is 11.2. The van der Waals surface area contributed by atoms with E-state index in [1.54, 1.807) is 0 Å². The van der Waals surface area contributed by atoms with E-state index in [0.29, 0.717) is 28.8 Å². The third-order valence-electron chi connectivity index (χ3n) is 5.16. The number of halogens is 6. The second-order valence-electron chi connectivity index (χ2n) is 8.53. The predicted molar refractivity (Wildman–Crippen MR) is 134 cm³/mol. The van der Waals surface area contributed by atoms with Crippen LogP contribution >= 0.6 is 11.3 Å². The number of hydrogen-bond donors (Lipinski definition) is 2. The van der Waals surface area contributed by atoms with Gasteiger partial charge in [0.2, 0.25) is 5.13 Å². The Labute approximate surface area is 224 Å². The van der Waals surface area contributed by atoms with Crippen LogP contribution in [0, 0.1) is 0 Å². The van der Waals surface area contributed by atoms with Gasteiger partial charge in [-0.05, 0) is 54.0 Å². The molecule has 2 N–H and O–H groups in total. The summed E-state index contributed by atoms with van der Waals surface area (Å²) in [5, 5.41) is 11.0. The van der Waals surface area contributed by atoms with E-state index >= 15 is 0 Å². The minimum Gasteiger partial charge on any atom is -0.352 e. The Balaban J connectivity index is 1.65. The number of nitrogens with zero attached hydrogens (tertiary/aromatic N) is 2. The molecule has 3 rings (SSSR count). The van der Waals surface area contributed by atoms with Gasteiger partial charge in [-0.3, -0.25) is 9.52 Å². The van der Waals surface area contributed by atoms with Crippen LogP contribution in [0.3, 0.4) is 0 Å². The lowest BCUT2D eigenvalue weighted by atomic mass is 10.0. The summed E-state index contributed by atoms with van der Waals surface area (Å²) >= 11 is 1.12. The number of aromatic nitrogens is 2. The fourth-order valence-corrected chi connectivity index (χ4v) is 5.18. The van der Waals surface area contributed by atoms with Crippen LogP contribution in [0.4, 0.5) is 31.5 Å². The summed E-state index contributed by atoms with van der Waals surface area (Å²) in [5.41, 5.74) is -1.49. The van der Waals surface area contributed by atoms with Crippen molar-refractivity contribution < 1.29 is 39.6 Å². The number of sulfonamides is 1. The lowest BCUT2D eigenvalue weighted by Gasteiger charge is -2.12. The lowest BCUT2D eigenvalue weighted by Crippen LogP contribution is -2.26. The molecule has 39 heavy (non-hydrogen) atoms. The summed E-state index contributed by atoms with van der Waals surface area (Å²) in [5.74, 6) is -0.783. The largest absolute Gasteiger partial charge is 0.416 e. The van der Waals surface area contributed by atoms with Crippen LogP contribution in [0.1, 0.15) is 51.8 Å². The third-order valence-corrected chi connectivity index (χ3v) is 7.79.